The molecule has 0 aliphatic heterocycles. The molecule has 0 aliphatic carbocycles. The van der Waals surface area contributed by atoms with Gasteiger partial charge >= 0.3 is 11.9 Å². The van der Waals surface area contributed by atoms with Crippen LogP contribution in [0, 0.1) is 11.8 Å². The standard InChI is InChI=1S/C37H72O5/c1-5-34(4)28-24-20-16-12-10-8-6-7-9-11-13-17-21-25-29-36(39)41-31-35(38)32-42-37(40)30-26-22-18-14-15-19-23-27-33(2)3/h33-35,38H,5-32H2,1-4H3/t34?,35-/m0/s1. The molecule has 0 aromatic heterocycles. The lowest BCUT2D eigenvalue weighted by molar-refractivity contribution is -0.152. The summed E-state index contributed by atoms with van der Waals surface area (Å²) >= 11 is 0. The van der Waals surface area contributed by atoms with Gasteiger partial charge in [0.2, 0.25) is 0 Å². The van der Waals surface area contributed by atoms with E-state index in [9.17, 15) is 14.7 Å². The summed E-state index contributed by atoms with van der Waals surface area (Å²) in [5.41, 5.74) is 0. The fraction of sp³-hybridized carbons (Fsp3) is 0.946. The van der Waals surface area contributed by atoms with Crippen LogP contribution in [0.15, 0.2) is 0 Å². The first-order valence-corrected chi connectivity index (χ1v) is 18.3. The monoisotopic (exact) mass is 597 g/mol. The number of esters is 2. The zero-order valence-electron chi connectivity index (χ0n) is 28.6. The number of carbonyl (C=O) groups is 2. The van der Waals surface area contributed by atoms with Crippen molar-refractivity contribution in [2.45, 2.75) is 201 Å². The highest BCUT2D eigenvalue weighted by Gasteiger charge is 2.12. The number of carbonyl (C=O) groups excluding carboxylic acids is 2. The van der Waals surface area contributed by atoms with Crippen LogP contribution in [0.3, 0.4) is 0 Å². The summed E-state index contributed by atoms with van der Waals surface area (Å²) in [6.07, 6.45) is 30.1. The zero-order valence-corrected chi connectivity index (χ0v) is 28.6. The molecule has 0 saturated carbocycles. The minimum atomic E-state index is -0.955. The van der Waals surface area contributed by atoms with Crippen LogP contribution in [-0.4, -0.2) is 36.4 Å². The molecule has 42 heavy (non-hydrogen) atoms. The van der Waals surface area contributed by atoms with Gasteiger partial charge in [-0.25, -0.2) is 0 Å². The van der Waals surface area contributed by atoms with Crippen LogP contribution in [0.2, 0.25) is 0 Å². The van der Waals surface area contributed by atoms with Crippen molar-refractivity contribution in [2.24, 2.45) is 11.8 Å². The molecule has 5 heteroatoms. The third kappa shape index (κ3) is 31.8. The van der Waals surface area contributed by atoms with Gasteiger partial charge in [-0.3, -0.25) is 9.59 Å². The summed E-state index contributed by atoms with van der Waals surface area (Å²) in [4.78, 5) is 23.8. The molecule has 0 aliphatic rings. The Kier molecular flexibility index (Phi) is 30.5. The average Bonchev–Trinajstić information content (AvgIpc) is 2.97. The summed E-state index contributed by atoms with van der Waals surface area (Å²) < 4.78 is 10.3. The average molecular weight is 597 g/mol. The number of rotatable bonds is 32. The largest absolute Gasteiger partial charge is 0.463 e. The van der Waals surface area contributed by atoms with Gasteiger partial charge in [-0.2, -0.15) is 0 Å². The van der Waals surface area contributed by atoms with Crippen molar-refractivity contribution in [2.75, 3.05) is 13.2 Å². The number of ether oxygens (including phenoxy) is 2. The van der Waals surface area contributed by atoms with Crippen LogP contribution in [-0.2, 0) is 19.1 Å². The zero-order chi connectivity index (χ0) is 31.1. The number of aliphatic hydroxyl groups excluding tert-OH is 1. The van der Waals surface area contributed by atoms with Gasteiger partial charge in [-0.1, -0.05) is 169 Å². The molecule has 0 rings (SSSR count). The third-order valence-electron chi connectivity index (χ3n) is 8.56. The normalized spacial score (nSPS) is 12.9. The Morgan fingerprint density at radius 3 is 1.14 bits per heavy atom. The van der Waals surface area contributed by atoms with Crippen LogP contribution >= 0.6 is 0 Å². The molecule has 0 saturated heterocycles. The van der Waals surface area contributed by atoms with Gasteiger partial charge in [0, 0.05) is 12.8 Å². The molecule has 0 fully saturated rings. The minimum Gasteiger partial charge on any atom is -0.463 e. The molecule has 0 amide bonds. The maximum atomic E-state index is 11.9. The Morgan fingerprint density at radius 1 is 0.500 bits per heavy atom. The van der Waals surface area contributed by atoms with E-state index in [1.807, 2.05) is 0 Å². The molecule has 0 bridgehead atoms. The maximum absolute atomic E-state index is 11.9. The second kappa shape index (κ2) is 31.3. The van der Waals surface area contributed by atoms with Crippen molar-refractivity contribution in [3.8, 4) is 0 Å². The molecule has 250 valence electrons. The first-order valence-electron chi connectivity index (χ1n) is 18.3. The second-order valence-electron chi connectivity index (χ2n) is 13.4. The van der Waals surface area contributed by atoms with Gasteiger partial charge in [-0.15, -0.1) is 0 Å². The highest BCUT2D eigenvalue weighted by atomic mass is 16.6. The molecule has 5 nitrogen and oxygen atoms in total. The van der Waals surface area contributed by atoms with E-state index in [0.717, 1.165) is 43.9 Å². The highest BCUT2D eigenvalue weighted by molar-refractivity contribution is 5.69. The molecular formula is C37H72O5. The van der Waals surface area contributed by atoms with Crippen LogP contribution in [0.1, 0.15) is 195 Å². The summed E-state index contributed by atoms with van der Waals surface area (Å²) in [6.45, 7) is 8.99. The predicted molar refractivity (Wildman–Crippen MR) is 178 cm³/mol. The van der Waals surface area contributed by atoms with E-state index in [2.05, 4.69) is 27.7 Å². The smallest absolute Gasteiger partial charge is 0.305 e. The molecule has 0 aromatic carbocycles. The fourth-order valence-corrected chi connectivity index (χ4v) is 5.36. The van der Waals surface area contributed by atoms with Crippen LogP contribution in [0.25, 0.3) is 0 Å². The second-order valence-corrected chi connectivity index (χ2v) is 13.4. The van der Waals surface area contributed by atoms with E-state index in [1.54, 1.807) is 0 Å². The predicted octanol–water partition coefficient (Wildman–Crippen LogP) is 10.9. The van der Waals surface area contributed by atoms with E-state index in [1.165, 1.54) is 122 Å². The van der Waals surface area contributed by atoms with E-state index >= 15 is 0 Å². The SMILES string of the molecule is CCC(C)CCCCCCCCCCCCCCCCC(=O)OC[C@H](O)COC(=O)CCCCCCCCCC(C)C. The van der Waals surface area contributed by atoms with Crippen molar-refractivity contribution >= 4 is 11.9 Å². The van der Waals surface area contributed by atoms with Gasteiger partial charge in [-0.05, 0) is 24.7 Å². The van der Waals surface area contributed by atoms with E-state index in [0.29, 0.717) is 12.8 Å². The Labute approximate surface area is 261 Å². The van der Waals surface area contributed by atoms with Crippen LogP contribution < -0.4 is 0 Å². The van der Waals surface area contributed by atoms with Gasteiger partial charge in [0.1, 0.15) is 19.3 Å². The lowest BCUT2D eigenvalue weighted by atomic mass is 9.99. The van der Waals surface area contributed by atoms with Crippen molar-refractivity contribution in [1.82, 2.24) is 0 Å². The number of hydrogen-bond acceptors (Lipinski definition) is 5. The van der Waals surface area contributed by atoms with Crippen molar-refractivity contribution in [1.29, 1.82) is 0 Å². The summed E-state index contributed by atoms with van der Waals surface area (Å²) in [6, 6.07) is 0. The van der Waals surface area contributed by atoms with E-state index in [-0.39, 0.29) is 25.2 Å². The third-order valence-corrected chi connectivity index (χ3v) is 8.56. The number of hydrogen-bond donors (Lipinski definition) is 1. The van der Waals surface area contributed by atoms with Gasteiger partial charge in [0.05, 0.1) is 0 Å². The Bertz CT molecular complexity index is 591. The van der Waals surface area contributed by atoms with Crippen molar-refractivity contribution < 1.29 is 24.2 Å². The van der Waals surface area contributed by atoms with Gasteiger partial charge in [0.25, 0.3) is 0 Å². The maximum Gasteiger partial charge on any atom is 0.305 e. The lowest BCUT2D eigenvalue weighted by Crippen LogP contribution is -2.25. The topological polar surface area (TPSA) is 72.8 Å². The Hall–Kier alpha value is -1.10. The van der Waals surface area contributed by atoms with Gasteiger partial charge < -0.3 is 14.6 Å². The first-order chi connectivity index (χ1) is 20.3. The van der Waals surface area contributed by atoms with E-state index in [4.69, 9.17) is 9.47 Å². The molecule has 0 spiro atoms. The summed E-state index contributed by atoms with van der Waals surface area (Å²) in [5.74, 6) is 1.14. The van der Waals surface area contributed by atoms with E-state index < -0.39 is 6.10 Å². The summed E-state index contributed by atoms with van der Waals surface area (Å²) in [7, 11) is 0. The minimum absolute atomic E-state index is 0.110. The first kappa shape index (κ1) is 40.9. The fourth-order valence-electron chi connectivity index (χ4n) is 5.36. The number of aliphatic hydroxyl groups is 1. The Balaban J connectivity index is 3.39. The highest BCUT2D eigenvalue weighted by Crippen LogP contribution is 2.16. The van der Waals surface area contributed by atoms with Crippen LogP contribution in [0.5, 0.6) is 0 Å². The van der Waals surface area contributed by atoms with Crippen molar-refractivity contribution in [3.63, 3.8) is 0 Å². The quantitative estimate of drug-likeness (QED) is 0.0617. The Morgan fingerprint density at radius 2 is 0.810 bits per heavy atom. The molecule has 1 N–H and O–H groups in total. The molecule has 0 radical (unpaired) electrons. The lowest BCUT2D eigenvalue weighted by Gasteiger charge is -2.12. The molecule has 0 aromatic rings. The molecular weight excluding hydrogens is 524 g/mol. The summed E-state index contributed by atoms with van der Waals surface area (Å²) in [5, 5.41) is 9.97. The van der Waals surface area contributed by atoms with Gasteiger partial charge in [0.15, 0.2) is 0 Å². The molecule has 1 unspecified atom stereocenters. The molecule has 0 heterocycles. The number of unbranched alkanes of at least 4 members (excludes halogenated alkanes) is 19. The van der Waals surface area contributed by atoms with Crippen molar-refractivity contribution in [3.05, 3.63) is 0 Å². The van der Waals surface area contributed by atoms with Crippen LogP contribution in [0.4, 0.5) is 0 Å². The molecule has 2 atom stereocenters.